The van der Waals surface area contributed by atoms with E-state index in [4.69, 9.17) is 0 Å². The maximum absolute atomic E-state index is 10.9. The van der Waals surface area contributed by atoms with Gasteiger partial charge in [-0.25, -0.2) is 9.97 Å². The van der Waals surface area contributed by atoms with Gasteiger partial charge in [-0.1, -0.05) is 20.8 Å². The first kappa shape index (κ1) is 16.7. The molecule has 0 radical (unpaired) electrons. The van der Waals surface area contributed by atoms with E-state index in [-0.39, 0.29) is 6.42 Å². The van der Waals surface area contributed by atoms with Crippen LogP contribution in [0, 0.1) is 18.3 Å². The molecule has 1 aromatic rings. The van der Waals surface area contributed by atoms with Gasteiger partial charge in [0.25, 0.3) is 0 Å². The van der Waals surface area contributed by atoms with Gasteiger partial charge >= 0.3 is 0 Å². The van der Waals surface area contributed by atoms with Gasteiger partial charge < -0.3 is 15.2 Å². The zero-order chi connectivity index (χ0) is 16.3. The van der Waals surface area contributed by atoms with Gasteiger partial charge in [-0.2, -0.15) is 0 Å². The molecule has 1 heterocycles. The molecule has 5 heteroatoms. The third-order valence-electron chi connectivity index (χ3n) is 4.77. The van der Waals surface area contributed by atoms with Crippen LogP contribution in [-0.4, -0.2) is 22.0 Å². The van der Waals surface area contributed by atoms with Crippen LogP contribution in [0.3, 0.4) is 0 Å². The fourth-order valence-corrected chi connectivity index (χ4v) is 3.28. The molecule has 1 N–H and O–H groups in total. The lowest BCUT2D eigenvalue weighted by atomic mass is 9.71. The van der Waals surface area contributed by atoms with Gasteiger partial charge in [0, 0.05) is 29.7 Å². The number of nitrogens with one attached hydrogen (secondary N) is 1. The van der Waals surface area contributed by atoms with Crippen molar-refractivity contribution in [2.45, 2.75) is 65.8 Å². The molecule has 0 spiro atoms. The quantitative estimate of drug-likeness (QED) is 0.921. The summed E-state index contributed by atoms with van der Waals surface area (Å²) >= 11 is 0. The molecule has 22 heavy (non-hydrogen) atoms. The van der Waals surface area contributed by atoms with Gasteiger partial charge in [0.2, 0.25) is 0 Å². The van der Waals surface area contributed by atoms with Crippen LogP contribution in [-0.2, 0) is 11.2 Å². The Kier molecular flexibility index (Phi) is 5.04. The first-order chi connectivity index (χ1) is 10.3. The highest BCUT2D eigenvalue weighted by atomic mass is 16.4. The molecule has 0 aromatic carbocycles. The van der Waals surface area contributed by atoms with E-state index < -0.39 is 5.97 Å². The molecule has 0 amide bonds. The molecule has 1 fully saturated rings. The monoisotopic (exact) mass is 304 g/mol. The van der Waals surface area contributed by atoms with Crippen molar-refractivity contribution in [3.8, 4) is 0 Å². The van der Waals surface area contributed by atoms with Crippen LogP contribution in [0.5, 0.6) is 0 Å². The second-order valence-corrected chi connectivity index (χ2v) is 7.39. The molecule has 1 aromatic heterocycles. The summed E-state index contributed by atoms with van der Waals surface area (Å²) in [5.74, 6) is 0.300. The van der Waals surface area contributed by atoms with E-state index in [9.17, 15) is 9.90 Å². The lowest BCUT2D eigenvalue weighted by Gasteiger charge is -2.37. The number of aliphatic carboxylic acids is 1. The summed E-state index contributed by atoms with van der Waals surface area (Å²) in [5, 5.41) is 14.3. The molecule has 0 saturated heterocycles. The molecule has 2 rings (SSSR count). The van der Waals surface area contributed by atoms with E-state index >= 15 is 0 Å². The third-order valence-corrected chi connectivity index (χ3v) is 4.77. The fourth-order valence-electron chi connectivity index (χ4n) is 3.28. The molecule has 122 valence electrons. The standard InChI is InChI=1S/C17H27N3O2/c1-11-14(9-15(21)22)16(19-10-18-11)20-13-7-5-12(6-8-13)17(2,3)4/h10,12-13H,5-9H2,1-4H3,(H,21,22)(H,18,19,20)/p-1. The molecule has 5 nitrogen and oxygen atoms in total. The largest absolute Gasteiger partial charge is 0.550 e. The minimum Gasteiger partial charge on any atom is -0.550 e. The number of carbonyl (C=O) groups excluding carboxylic acids is 1. The van der Waals surface area contributed by atoms with Crippen molar-refractivity contribution in [2.75, 3.05) is 5.32 Å². The van der Waals surface area contributed by atoms with Crippen LogP contribution in [0.15, 0.2) is 6.33 Å². The number of hydrogen-bond acceptors (Lipinski definition) is 5. The normalized spacial score (nSPS) is 22.4. The zero-order valence-corrected chi connectivity index (χ0v) is 14.0. The van der Waals surface area contributed by atoms with Crippen molar-refractivity contribution in [3.05, 3.63) is 17.6 Å². The molecule has 1 saturated carbocycles. The van der Waals surface area contributed by atoms with E-state index in [0.717, 1.165) is 18.8 Å². The molecule has 1 aliphatic rings. The molecule has 0 atom stereocenters. The number of carboxylic acid groups (broad SMARTS) is 1. The van der Waals surface area contributed by atoms with Gasteiger partial charge in [0.1, 0.15) is 12.1 Å². The van der Waals surface area contributed by atoms with Crippen molar-refractivity contribution in [1.29, 1.82) is 0 Å². The predicted octanol–water partition coefficient (Wildman–Crippen LogP) is 2.09. The van der Waals surface area contributed by atoms with E-state index in [2.05, 4.69) is 36.1 Å². The SMILES string of the molecule is Cc1ncnc(NC2CCC(C(C)(C)C)CC2)c1CC(=O)[O-]. The number of aryl methyl sites for hydroxylation is 1. The van der Waals surface area contributed by atoms with E-state index in [1.807, 2.05) is 6.92 Å². The van der Waals surface area contributed by atoms with Crippen molar-refractivity contribution in [2.24, 2.45) is 11.3 Å². The number of carbonyl (C=O) groups is 1. The van der Waals surface area contributed by atoms with Crippen molar-refractivity contribution >= 4 is 11.8 Å². The van der Waals surface area contributed by atoms with Crippen LogP contribution in [0.1, 0.15) is 57.7 Å². The molecule has 0 unspecified atom stereocenters. The van der Waals surface area contributed by atoms with Gasteiger partial charge in [0.05, 0.1) is 0 Å². The van der Waals surface area contributed by atoms with Gasteiger partial charge in [0.15, 0.2) is 0 Å². The van der Waals surface area contributed by atoms with Crippen LogP contribution < -0.4 is 10.4 Å². The van der Waals surface area contributed by atoms with Gasteiger partial charge in [-0.15, -0.1) is 0 Å². The average molecular weight is 304 g/mol. The lowest BCUT2D eigenvalue weighted by molar-refractivity contribution is -0.304. The molecular weight excluding hydrogens is 278 g/mol. The van der Waals surface area contributed by atoms with E-state index in [0.29, 0.717) is 28.5 Å². The summed E-state index contributed by atoms with van der Waals surface area (Å²) in [6, 6.07) is 0.355. The highest BCUT2D eigenvalue weighted by Gasteiger charge is 2.30. The number of hydrogen-bond donors (Lipinski definition) is 1. The number of aromatic nitrogens is 2. The Balaban J connectivity index is 2.03. The topological polar surface area (TPSA) is 77.9 Å². The van der Waals surface area contributed by atoms with Gasteiger partial charge in [-0.3, -0.25) is 0 Å². The van der Waals surface area contributed by atoms with Crippen molar-refractivity contribution in [3.63, 3.8) is 0 Å². The van der Waals surface area contributed by atoms with Crippen LogP contribution in [0.4, 0.5) is 5.82 Å². The molecular formula is C17H26N3O2-. The Morgan fingerprint density at radius 2 is 1.91 bits per heavy atom. The Hall–Kier alpha value is -1.65. The summed E-state index contributed by atoms with van der Waals surface area (Å²) < 4.78 is 0. The maximum atomic E-state index is 10.9. The number of nitrogens with zero attached hydrogens (tertiary/aromatic N) is 2. The number of carboxylic acids is 1. The Morgan fingerprint density at radius 3 is 2.45 bits per heavy atom. The summed E-state index contributed by atoms with van der Waals surface area (Å²) in [7, 11) is 0. The Morgan fingerprint density at radius 1 is 1.27 bits per heavy atom. The minimum absolute atomic E-state index is 0.146. The highest BCUT2D eigenvalue weighted by Crippen LogP contribution is 2.38. The van der Waals surface area contributed by atoms with Crippen molar-refractivity contribution in [1.82, 2.24) is 9.97 Å². The average Bonchev–Trinajstić information content (AvgIpc) is 2.42. The summed E-state index contributed by atoms with van der Waals surface area (Å²) in [4.78, 5) is 19.3. The lowest BCUT2D eigenvalue weighted by Crippen LogP contribution is -2.32. The van der Waals surface area contributed by atoms with E-state index in [1.165, 1.54) is 19.2 Å². The second kappa shape index (κ2) is 6.63. The number of rotatable bonds is 4. The zero-order valence-electron chi connectivity index (χ0n) is 14.0. The minimum atomic E-state index is -1.10. The van der Waals surface area contributed by atoms with Crippen LogP contribution in [0.2, 0.25) is 0 Å². The Labute approximate surface area is 132 Å². The summed E-state index contributed by atoms with van der Waals surface area (Å²) in [5.41, 5.74) is 1.70. The van der Waals surface area contributed by atoms with Crippen LogP contribution in [0.25, 0.3) is 0 Å². The van der Waals surface area contributed by atoms with Crippen molar-refractivity contribution < 1.29 is 9.90 Å². The van der Waals surface area contributed by atoms with Gasteiger partial charge in [-0.05, 0) is 43.9 Å². The first-order valence-corrected chi connectivity index (χ1v) is 8.04. The summed E-state index contributed by atoms with van der Waals surface area (Å²) in [6.07, 6.45) is 5.91. The fraction of sp³-hybridized carbons (Fsp3) is 0.706. The summed E-state index contributed by atoms with van der Waals surface area (Å²) in [6.45, 7) is 8.72. The van der Waals surface area contributed by atoms with E-state index in [1.54, 1.807) is 0 Å². The third kappa shape index (κ3) is 4.18. The smallest absolute Gasteiger partial charge is 0.133 e. The molecule has 1 aliphatic carbocycles. The maximum Gasteiger partial charge on any atom is 0.133 e. The molecule has 0 bridgehead atoms. The number of anilines is 1. The Bertz CT molecular complexity index is 529. The first-order valence-electron chi connectivity index (χ1n) is 8.04. The predicted molar refractivity (Wildman–Crippen MR) is 84.3 cm³/mol. The van der Waals surface area contributed by atoms with Crippen LogP contribution >= 0.6 is 0 Å². The second-order valence-electron chi connectivity index (χ2n) is 7.39. The molecule has 0 aliphatic heterocycles. The highest BCUT2D eigenvalue weighted by molar-refractivity contribution is 5.71.